The number of nitrogens with one attached hydrogen (secondary N) is 1. The molecule has 182 valence electrons. The highest BCUT2D eigenvalue weighted by Crippen LogP contribution is 2.39. The summed E-state index contributed by atoms with van der Waals surface area (Å²) in [4.78, 5) is 38.8. The number of hydrogen-bond donors (Lipinski definition) is 2. The minimum absolute atomic E-state index is 0.00774. The first-order chi connectivity index (χ1) is 17.3. The molecule has 1 atom stereocenters. The third kappa shape index (κ3) is 4.37. The van der Waals surface area contributed by atoms with Gasteiger partial charge >= 0.3 is 5.97 Å². The van der Waals surface area contributed by atoms with Crippen molar-refractivity contribution in [3.63, 3.8) is 0 Å². The van der Waals surface area contributed by atoms with Crippen molar-refractivity contribution in [1.82, 2.24) is 4.57 Å². The summed E-state index contributed by atoms with van der Waals surface area (Å²) >= 11 is 7.37. The van der Waals surface area contributed by atoms with Crippen molar-refractivity contribution < 1.29 is 19.1 Å². The maximum absolute atomic E-state index is 13.7. The van der Waals surface area contributed by atoms with E-state index in [2.05, 4.69) is 10.1 Å². The first-order valence-corrected chi connectivity index (χ1v) is 11.7. The zero-order valence-electron chi connectivity index (χ0n) is 19.1. The van der Waals surface area contributed by atoms with Gasteiger partial charge in [-0.15, -0.1) is 11.3 Å². The number of rotatable bonds is 5. The number of ether oxygens (including phenoxy) is 2. The lowest BCUT2D eigenvalue weighted by molar-refractivity contribution is -0.133. The van der Waals surface area contributed by atoms with Crippen LogP contribution in [-0.2, 0) is 14.3 Å². The molecule has 2 aromatic carbocycles. The van der Waals surface area contributed by atoms with Crippen LogP contribution in [-0.4, -0.2) is 30.7 Å². The summed E-state index contributed by atoms with van der Waals surface area (Å²) in [5.74, 6) is -1.84. The van der Waals surface area contributed by atoms with Crippen LogP contribution in [0.15, 0.2) is 58.9 Å². The van der Waals surface area contributed by atoms with Crippen LogP contribution in [0, 0.1) is 11.3 Å². The Bertz CT molecular complexity index is 1630. The fourth-order valence-corrected chi connectivity index (χ4v) is 5.21. The molecule has 9 nitrogen and oxygen atoms in total. The largest absolute Gasteiger partial charge is 0.497 e. The number of nitrogens with two attached hydrogens (primary N) is 1. The van der Waals surface area contributed by atoms with Crippen molar-refractivity contribution in [1.29, 1.82) is 5.26 Å². The van der Waals surface area contributed by atoms with Gasteiger partial charge < -0.3 is 20.5 Å². The van der Waals surface area contributed by atoms with Gasteiger partial charge in [0.25, 0.3) is 11.5 Å². The van der Waals surface area contributed by atoms with Crippen molar-refractivity contribution in [2.45, 2.75) is 5.92 Å². The maximum atomic E-state index is 13.7. The molecule has 0 saturated heterocycles. The number of carbonyl (C=O) groups is 2. The number of anilines is 1. The Morgan fingerprint density at radius 2 is 1.89 bits per heavy atom. The molecule has 0 aliphatic carbocycles. The van der Waals surface area contributed by atoms with Gasteiger partial charge in [-0.25, -0.2) is 4.79 Å². The zero-order chi connectivity index (χ0) is 26.0. The Morgan fingerprint density at radius 3 is 2.50 bits per heavy atom. The van der Waals surface area contributed by atoms with Gasteiger partial charge in [0.15, 0.2) is 0 Å². The molecule has 36 heavy (non-hydrogen) atoms. The Hall–Kier alpha value is -4.33. The smallest absolute Gasteiger partial charge is 0.332 e. The lowest BCUT2D eigenvalue weighted by atomic mass is 9.83. The summed E-state index contributed by atoms with van der Waals surface area (Å²) in [6, 6.07) is 15.5. The van der Waals surface area contributed by atoms with E-state index in [-0.39, 0.29) is 26.2 Å². The highest BCUT2D eigenvalue weighted by atomic mass is 35.5. The number of benzene rings is 2. The molecule has 0 spiro atoms. The van der Waals surface area contributed by atoms with E-state index in [1.807, 2.05) is 6.07 Å². The molecule has 2 heterocycles. The summed E-state index contributed by atoms with van der Waals surface area (Å²) in [6.45, 7) is 0. The molecule has 0 bridgehead atoms. The van der Waals surface area contributed by atoms with E-state index in [9.17, 15) is 19.6 Å². The number of allylic oxidation sites excluding steroid dienone is 1. The van der Waals surface area contributed by atoms with Gasteiger partial charge in [-0.3, -0.25) is 14.2 Å². The Morgan fingerprint density at radius 1 is 1.19 bits per heavy atom. The van der Waals surface area contributed by atoms with Crippen LogP contribution in [0.5, 0.6) is 5.75 Å². The van der Waals surface area contributed by atoms with E-state index in [4.69, 9.17) is 22.1 Å². The maximum Gasteiger partial charge on any atom is 0.332 e. The molecule has 1 aliphatic rings. The van der Waals surface area contributed by atoms with Crippen LogP contribution in [0.4, 0.5) is 5.69 Å². The number of carbonyl (C=O) groups excluding carboxylic acids is 2. The van der Waals surface area contributed by atoms with E-state index in [0.717, 1.165) is 22.0 Å². The van der Waals surface area contributed by atoms with Crippen molar-refractivity contribution in [2.24, 2.45) is 5.73 Å². The normalized spacial score (nSPS) is 15.2. The first-order valence-electron chi connectivity index (χ1n) is 10.5. The molecular formula is C25H19ClN4O5S. The van der Waals surface area contributed by atoms with Crippen LogP contribution in [0.3, 0.4) is 0 Å². The number of thiazole rings is 1. The molecule has 0 saturated carbocycles. The molecule has 11 heteroatoms. The Kier molecular flexibility index (Phi) is 6.96. The lowest BCUT2D eigenvalue weighted by Gasteiger charge is -2.26. The van der Waals surface area contributed by atoms with Gasteiger partial charge in [0.1, 0.15) is 20.8 Å². The van der Waals surface area contributed by atoms with Crippen LogP contribution in [0.2, 0.25) is 5.02 Å². The van der Waals surface area contributed by atoms with Crippen molar-refractivity contribution in [3.05, 3.63) is 84.2 Å². The predicted molar refractivity (Wildman–Crippen MR) is 137 cm³/mol. The van der Waals surface area contributed by atoms with Crippen LogP contribution in [0.1, 0.15) is 11.5 Å². The number of amides is 1. The molecule has 0 fully saturated rings. The highest BCUT2D eigenvalue weighted by Gasteiger charge is 2.36. The average Bonchev–Trinajstić information content (AvgIpc) is 3.20. The summed E-state index contributed by atoms with van der Waals surface area (Å²) in [6.07, 6.45) is 1.02. The van der Waals surface area contributed by atoms with Crippen LogP contribution in [0.25, 0.3) is 17.5 Å². The summed E-state index contributed by atoms with van der Waals surface area (Å²) in [5, 5.41) is 13.2. The van der Waals surface area contributed by atoms with Gasteiger partial charge in [-0.2, -0.15) is 5.26 Å². The number of nitriles is 1. The monoisotopic (exact) mass is 522 g/mol. The van der Waals surface area contributed by atoms with Crippen LogP contribution >= 0.6 is 22.9 Å². The second-order valence-electron chi connectivity index (χ2n) is 7.54. The molecule has 1 aliphatic heterocycles. The van der Waals surface area contributed by atoms with Crippen LogP contribution < -0.4 is 30.5 Å². The topological polar surface area (TPSA) is 136 Å². The second-order valence-corrected chi connectivity index (χ2v) is 8.98. The molecular weight excluding hydrogens is 504 g/mol. The van der Waals surface area contributed by atoms with Gasteiger partial charge in [-0.1, -0.05) is 29.8 Å². The molecule has 1 amide bonds. The van der Waals surface area contributed by atoms with E-state index in [1.165, 1.54) is 14.2 Å². The van der Waals surface area contributed by atoms with E-state index >= 15 is 0 Å². The minimum Gasteiger partial charge on any atom is -0.497 e. The summed E-state index contributed by atoms with van der Waals surface area (Å²) < 4.78 is 11.0. The minimum atomic E-state index is -0.967. The van der Waals surface area contributed by atoms with Gasteiger partial charge in [0.2, 0.25) is 0 Å². The number of halogens is 1. The number of nitrogens with zero attached hydrogens (tertiary/aromatic N) is 2. The number of aromatic nitrogens is 1. The molecule has 4 rings (SSSR count). The standard InChI is InChI=1S/C25H19ClN4O5S/c1-34-14-9-7-13(8-10-14)29-23(32)21-20(15-5-3-4-6-17(15)26)16(12-27)22(28)30-24(33)18(36-25(21)30)11-19(31)35-2/h3-11,20H,28H2,1-2H3,(H,29,32)/b18-11-/t20-/m0/s1. The second kappa shape index (κ2) is 10.1. The molecule has 0 unspecified atom stereocenters. The third-order valence-corrected chi connectivity index (χ3v) is 6.98. The van der Waals surface area contributed by atoms with E-state index in [0.29, 0.717) is 22.0 Å². The first kappa shape index (κ1) is 24.8. The van der Waals surface area contributed by atoms with E-state index in [1.54, 1.807) is 48.5 Å². The number of methoxy groups -OCH3 is 2. The predicted octanol–water partition coefficient (Wildman–Crippen LogP) is 1.76. The Balaban J connectivity index is 2.03. The highest BCUT2D eigenvalue weighted by molar-refractivity contribution is 7.07. The third-order valence-electron chi connectivity index (χ3n) is 5.53. The van der Waals surface area contributed by atoms with Crippen molar-refractivity contribution in [3.8, 4) is 11.8 Å². The summed E-state index contributed by atoms with van der Waals surface area (Å²) in [5.41, 5.74) is 6.62. The van der Waals surface area contributed by atoms with Crippen molar-refractivity contribution >= 4 is 58.0 Å². The molecule has 3 N–H and O–H groups in total. The van der Waals surface area contributed by atoms with E-state index < -0.39 is 23.4 Å². The quantitative estimate of drug-likeness (QED) is 0.487. The number of hydrogen-bond acceptors (Lipinski definition) is 8. The number of esters is 1. The zero-order valence-corrected chi connectivity index (χ0v) is 20.6. The SMILES string of the molecule is COC(=O)/C=c1\sc2n(c1=O)C(N)=C(C#N)[C@H](c1ccccc1Cl)C=2C(=O)Nc1ccc(OC)cc1. The van der Waals surface area contributed by atoms with Gasteiger partial charge in [0.05, 0.1) is 37.4 Å². The summed E-state index contributed by atoms with van der Waals surface area (Å²) in [7, 11) is 2.71. The van der Waals surface area contributed by atoms with Crippen molar-refractivity contribution in [2.75, 3.05) is 19.5 Å². The Labute approximate surface area is 213 Å². The molecule has 0 radical (unpaired) electrons. The number of fused-ring (bicyclic) bond motifs is 1. The molecule has 1 aromatic heterocycles. The average molecular weight is 523 g/mol. The fraction of sp³-hybridized carbons (Fsp3) is 0.120. The lowest BCUT2D eigenvalue weighted by Crippen LogP contribution is -2.41. The fourth-order valence-electron chi connectivity index (χ4n) is 3.83. The molecule has 3 aromatic rings. The van der Waals surface area contributed by atoms with Gasteiger partial charge in [-0.05, 0) is 35.9 Å². The van der Waals surface area contributed by atoms with Gasteiger partial charge in [0, 0.05) is 16.8 Å².